The molecule has 1 N–H and O–H groups in total. The van der Waals surface area contributed by atoms with Gasteiger partial charge in [-0.15, -0.1) is 5.10 Å². The molecule has 0 saturated heterocycles. The number of fused-ring (bicyclic) bond motifs is 1. The number of hydrogen-bond acceptors (Lipinski definition) is 7. The van der Waals surface area contributed by atoms with Gasteiger partial charge in [0.15, 0.2) is 5.82 Å². The predicted octanol–water partition coefficient (Wildman–Crippen LogP) is 5.99. The molecule has 184 valence electrons. The van der Waals surface area contributed by atoms with E-state index in [0.29, 0.717) is 29.2 Å². The van der Waals surface area contributed by atoms with Crippen molar-refractivity contribution in [3.63, 3.8) is 0 Å². The molecular formula is C27H20ClFN6O2. The van der Waals surface area contributed by atoms with Gasteiger partial charge in [-0.2, -0.15) is 9.67 Å². The maximum atomic E-state index is 13.6. The number of ether oxygens (including phenoxy) is 1. The Labute approximate surface area is 216 Å². The van der Waals surface area contributed by atoms with Gasteiger partial charge in [-0.05, 0) is 60.5 Å². The van der Waals surface area contributed by atoms with E-state index in [0.717, 1.165) is 16.6 Å². The van der Waals surface area contributed by atoms with Gasteiger partial charge in [0.05, 0.1) is 17.1 Å². The number of carbonyl (C=O) groups excluding carboxylic acids is 1. The minimum Gasteiger partial charge on any atom is -0.463 e. The van der Waals surface area contributed by atoms with Crippen LogP contribution in [0.1, 0.15) is 12.5 Å². The van der Waals surface area contributed by atoms with Crippen LogP contribution in [0, 0.1) is 5.82 Å². The topological polar surface area (TPSA) is 94.8 Å². The zero-order chi connectivity index (χ0) is 25.8. The van der Waals surface area contributed by atoms with E-state index in [4.69, 9.17) is 21.3 Å². The van der Waals surface area contributed by atoms with Crippen LogP contribution in [0.2, 0.25) is 5.02 Å². The highest BCUT2D eigenvalue weighted by Gasteiger charge is 2.16. The smallest absolute Gasteiger partial charge is 0.330 e. The highest BCUT2D eigenvalue weighted by atomic mass is 35.5. The predicted molar refractivity (Wildman–Crippen MR) is 140 cm³/mol. The molecular weight excluding hydrogens is 495 g/mol. The van der Waals surface area contributed by atoms with Crippen molar-refractivity contribution >= 4 is 46.3 Å². The zero-order valence-corrected chi connectivity index (χ0v) is 20.4. The van der Waals surface area contributed by atoms with E-state index in [1.54, 1.807) is 29.9 Å². The number of esters is 1. The lowest BCUT2D eigenvalue weighted by Gasteiger charge is -2.12. The van der Waals surface area contributed by atoms with E-state index in [2.05, 4.69) is 20.6 Å². The van der Waals surface area contributed by atoms with Crippen LogP contribution in [0.3, 0.4) is 0 Å². The molecule has 0 atom stereocenters. The second-order valence-electron chi connectivity index (χ2n) is 7.89. The van der Waals surface area contributed by atoms with Gasteiger partial charge in [-0.3, -0.25) is 0 Å². The van der Waals surface area contributed by atoms with Crippen LogP contribution in [-0.4, -0.2) is 37.5 Å². The van der Waals surface area contributed by atoms with Crippen molar-refractivity contribution in [1.82, 2.24) is 25.0 Å². The second kappa shape index (κ2) is 10.5. The Morgan fingerprint density at radius 3 is 2.84 bits per heavy atom. The monoisotopic (exact) mass is 514 g/mol. The standard InChI is InChI=1S/C27H20ClFN6O2/c1-2-37-25(36)13-10-17-6-5-7-18(14-17)20-16-30-27(31-19-11-12-22(29)21(28)15-19)32-26(20)35-24-9-4-3-8-23(24)33-34-35/h3-16H,2H2,1H3,(H,30,31,32)/b13-10+. The van der Waals surface area contributed by atoms with Crippen molar-refractivity contribution in [3.8, 4) is 16.9 Å². The first-order chi connectivity index (χ1) is 18.0. The number of halogens is 2. The van der Waals surface area contributed by atoms with Gasteiger partial charge in [-0.25, -0.2) is 14.2 Å². The van der Waals surface area contributed by atoms with Gasteiger partial charge < -0.3 is 10.1 Å². The maximum Gasteiger partial charge on any atom is 0.330 e. The van der Waals surface area contributed by atoms with E-state index in [9.17, 15) is 9.18 Å². The fourth-order valence-corrected chi connectivity index (χ4v) is 3.87. The lowest BCUT2D eigenvalue weighted by Crippen LogP contribution is -2.07. The molecule has 2 heterocycles. The number of rotatable bonds is 7. The van der Waals surface area contributed by atoms with Crippen molar-refractivity contribution in [2.24, 2.45) is 0 Å². The highest BCUT2D eigenvalue weighted by molar-refractivity contribution is 6.31. The average Bonchev–Trinajstić information content (AvgIpc) is 3.34. The van der Waals surface area contributed by atoms with Gasteiger partial charge in [0.2, 0.25) is 5.95 Å². The minimum absolute atomic E-state index is 0.0169. The van der Waals surface area contributed by atoms with Gasteiger partial charge in [0, 0.05) is 23.5 Å². The van der Waals surface area contributed by atoms with Crippen LogP contribution >= 0.6 is 11.6 Å². The molecule has 0 aliphatic heterocycles. The van der Waals surface area contributed by atoms with Gasteiger partial charge in [0.1, 0.15) is 11.3 Å². The Kier molecular flexibility index (Phi) is 6.87. The number of benzene rings is 3. The molecule has 3 aromatic carbocycles. The van der Waals surface area contributed by atoms with E-state index < -0.39 is 11.8 Å². The molecule has 5 aromatic rings. The van der Waals surface area contributed by atoms with E-state index >= 15 is 0 Å². The molecule has 5 rings (SSSR count). The summed E-state index contributed by atoms with van der Waals surface area (Å²) in [6, 6.07) is 19.4. The number of anilines is 2. The average molecular weight is 515 g/mol. The molecule has 0 bridgehead atoms. The molecule has 0 aliphatic rings. The molecule has 10 heteroatoms. The van der Waals surface area contributed by atoms with Crippen LogP contribution in [0.4, 0.5) is 16.0 Å². The maximum absolute atomic E-state index is 13.6. The summed E-state index contributed by atoms with van der Waals surface area (Å²) in [7, 11) is 0. The Balaban J connectivity index is 1.59. The third kappa shape index (κ3) is 5.31. The van der Waals surface area contributed by atoms with Crippen molar-refractivity contribution in [3.05, 3.63) is 95.4 Å². The number of hydrogen-bond donors (Lipinski definition) is 1. The molecule has 8 nitrogen and oxygen atoms in total. The molecule has 0 spiro atoms. The fourth-order valence-electron chi connectivity index (χ4n) is 3.69. The fraction of sp³-hybridized carbons (Fsp3) is 0.0741. The molecule has 0 radical (unpaired) electrons. The Morgan fingerprint density at radius 2 is 2.00 bits per heavy atom. The zero-order valence-electron chi connectivity index (χ0n) is 19.6. The summed E-state index contributed by atoms with van der Waals surface area (Å²) in [6.45, 7) is 2.06. The third-order valence-corrected chi connectivity index (χ3v) is 5.68. The van der Waals surface area contributed by atoms with Crippen LogP contribution < -0.4 is 5.32 Å². The molecule has 0 unspecified atom stereocenters. The lowest BCUT2D eigenvalue weighted by atomic mass is 10.0. The molecule has 37 heavy (non-hydrogen) atoms. The summed E-state index contributed by atoms with van der Waals surface area (Å²) in [5.74, 6) is -0.192. The minimum atomic E-state index is -0.518. The Hall–Kier alpha value is -4.63. The van der Waals surface area contributed by atoms with Gasteiger partial charge in [0.25, 0.3) is 0 Å². The summed E-state index contributed by atoms with van der Waals surface area (Å²) >= 11 is 5.93. The summed E-state index contributed by atoms with van der Waals surface area (Å²) in [6.07, 6.45) is 4.73. The van der Waals surface area contributed by atoms with Crippen LogP contribution in [-0.2, 0) is 9.53 Å². The largest absolute Gasteiger partial charge is 0.463 e. The van der Waals surface area contributed by atoms with Crippen molar-refractivity contribution < 1.29 is 13.9 Å². The first-order valence-corrected chi connectivity index (χ1v) is 11.7. The second-order valence-corrected chi connectivity index (χ2v) is 8.29. The van der Waals surface area contributed by atoms with Crippen LogP contribution in [0.25, 0.3) is 34.1 Å². The number of para-hydroxylation sites is 1. The first kappa shape index (κ1) is 24.1. The van der Waals surface area contributed by atoms with Crippen molar-refractivity contribution in [1.29, 1.82) is 0 Å². The summed E-state index contributed by atoms with van der Waals surface area (Å²) in [4.78, 5) is 20.9. The summed E-state index contributed by atoms with van der Waals surface area (Å²) in [5.41, 5.74) is 4.28. The number of nitrogens with one attached hydrogen (secondary N) is 1. The van der Waals surface area contributed by atoms with E-state index in [1.165, 1.54) is 18.2 Å². The number of aromatic nitrogens is 5. The van der Waals surface area contributed by atoms with E-state index in [-0.39, 0.29) is 11.0 Å². The molecule has 2 aromatic heterocycles. The Morgan fingerprint density at radius 1 is 1.14 bits per heavy atom. The lowest BCUT2D eigenvalue weighted by molar-refractivity contribution is -0.137. The number of carbonyl (C=O) groups is 1. The normalized spacial score (nSPS) is 11.2. The molecule has 0 fully saturated rings. The quantitative estimate of drug-likeness (QED) is 0.210. The van der Waals surface area contributed by atoms with Crippen LogP contribution in [0.15, 0.2) is 79.0 Å². The summed E-state index contributed by atoms with van der Waals surface area (Å²) < 4.78 is 20.2. The van der Waals surface area contributed by atoms with Crippen LogP contribution in [0.5, 0.6) is 0 Å². The van der Waals surface area contributed by atoms with E-state index in [1.807, 2.05) is 48.5 Å². The highest BCUT2D eigenvalue weighted by Crippen LogP contribution is 2.29. The molecule has 0 amide bonds. The molecule has 0 aliphatic carbocycles. The molecule has 0 saturated carbocycles. The van der Waals surface area contributed by atoms with Crippen molar-refractivity contribution in [2.75, 3.05) is 11.9 Å². The number of nitrogens with zero attached hydrogens (tertiary/aromatic N) is 5. The SMILES string of the molecule is CCOC(=O)/C=C/c1cccc(-c2cnc(Nc3ccc(F)c(Cl)c3)nc2-n2nnc3ccccc32)c1. The van der Waals surface area contributed by atoms with Gasteiger partial charge in [-0.1, -0.05) is 47.1 Å². The van der Waals surface area contributed by atoms with Gasteiger partial charge >= 0.3 is 5.97 Å². The first-order valence-electron chi connectivity index (χ1n) is 11.4. The summed E-state index contributed by atoms with van der Waals surface area (Å²) in [5, 5.41) is 11.6. The Bertz CT molecular complexity index is 1630. The van der Waals surface area contributed by atoms with Crippen molar-refractivity contribution in [2.45, 2.75) is 6.92 Å². The third-order valence-electron chi connectivity index (χ3n) is 5.39.